The second-order valence-electron chi connectivity index (χ2n) is 3.49. The molecular formula is C12H8BrFOS. The molecule has 0 atom stereocenters. The predicted octanol–water partition coefficient (Wildman–Crippen LogP) is 4.19. The lowest BCUT2D eigenvalue weighted by atomic mass is 10.0. The Morgan fingerprint density at radius 2 is 2.00 bits per heavy atom. The Kier molecular flexibility index (Phi) is 3.21. The summed E-state index contributed by atoms with van der Waals surface area (Å²) in [5.74, 6) is -0.526. The molecule has 1 heterocycles. The molecule has 82 valence electrons. The topological polar surface area (TPSA) is 17.1 Å². The van der Waals surface area contributed by atoms with Crippen molar-refractivity contribution in [3.8, 4) is 0 Å². The Labute approximate surface area is 105 Å². The first-order valence-electron chi connectivity index (χ1n) is 4.62. The van der Waals surface area contributed by atoms with Gasteiger partial charge in [0.05, 0.1) is 3.79 Å². The van der Waals surface area contributed by atoms with E-state index in [2.05, 4.69) is 15.9 Å². The summed E-state index contributed by atoms with van der Waals surface area (Å²) in [5.41, 5.74) is 1.72. The molecule has 16 heavy (non-hydrogen) atoms. The van der Waals surface area contributed by atoms with Gasteiger partial charge in [-0.2, -0.15) is 0 Å². The fraction of sp³-hybridized carbons (Fsp3) is 0.0833. The summed E-state index contributed by atoms with van der Waals surface area (Å²) in [7, 11) is 0. The molecule has 0 spiro atoms. The monoisotopic (exact) mass is 298 g/mol. The molecule has 0 aliphatic heterocycles. The molecule has 0 amide bonds. The molecular weight excluding hydrogens is 291 g/mol. The summed E-state index contributed by atoms with van der Waals surface area (Å²) in [6.45, 7) is 1.77. The Hall–Kier alpha value is -1.00. The number of carbonyl (C=O) groups excluding carboxylic acids is 1. The highest BCUT2D eigenvalue weighted by Gasteiger charge is 2.12. The standard InChI is InChI=1S/C12H8BrFOS/c1-7-2-8(4-10(14)3-7)12(15)9-5-11(13)16-6-9/h2-6H,1H3. The van der Waals surface area contributed by atoms with Crippen molar-refractivity contribution in [3.05, 3.63) is 55.9 Å². The molecule has 1 aromatic carbocycles. The summed E-state index contributed by atoms with van der Waals surface area (Å²) in [5, 5.41) is 1.76. The van der Waals surface area contributed by atoms with E-state index in [1.165, 1.54) is 23.5 Å². The lowest BCUT2D eigenvalue weighted by Gasteiger charge is -2.00. The predicted molar refractivity (Wildman–Crippen MR) is 66.6 cm³/mol. The summed E-state index contributed by atoms with van der Waals surface area (Å²) in [4.78, 5) is 12.0. The Morgan fingerprint density at radius 1 is 1.25 bits per heavy atom. The number of halogens is 2. The summed E-state index contributed by atoms with van der Waals surface area (Å²) in [6.07, 6.45) is 0. The molecule has 0 fully saturated rings. The van der Waals surface area contributed by atoms with Crippen LogP contribution in [0.25, 0.3) is 0 Å². The van der Waals surface area contributed by atoms with Gasteiger partial charge in [0.15, 0.2) is 5.78 Å². The summed E-state index contributed by atoms with van der Waals surface area (Å²) in [6, 6.07) is 6.10. The van der Waals surface area contributed by atoms with Gasteiger partial charge in [0.25, 0.3) is 0 Å². The maximum Gasteiger partial charge on any atom is 0.194 e. The van der Waals surface area contributed by atoms with E-state index in [1.807, 2.05) is 0 Å². The molecule has 1 aromatic heterocycles. The van der Waals surface area contributed by atoms with Crippen LogP contribution < -0.4 is 0 Å². The number of hydrogen-bond acceptors (Lipinski definition) is 2. The van der Waals surface area contributed by atoms with Crippen molar-refractivity contribution in [2.24, 2.45) is 0 Å². The number of thiophene rings is 1. The SMILES string of the molecule is Cc1cc(F)cc(C(=O)c2csc(Br)c2)c1. The minimum absolute atomic E-state index is 0.149. The highest BCUT2D eigenvalue weighted by molar-refractivity contribution is 9.11. The maximum absolute atomic E-state index is 13.2. The van der Waals surface area contributed by atoms with Gasteiger partial charge < -0.3 is 0 Å². The average molecular weight is 299 g/mol. The van der Waals surface area contributed by atoms with E-state index >= 15 is 0 Å². The average Bonchev–Trinajstić information content (AvgIpc) is 2.62. The van der Waals surface area contributed by atoms with Gasteiger partial charge in [-0.1, -0.05) is 0 Å². The third-order valence-corrected chi connectivity index (χ3v) is 3.64. The second-order valence-corrected chi connectivity index (χ2v) is 5.78. The van der Waals surface area contributed by atoms with Gasteiger partial charge in [0, 0.05) is 16.5 Å². The number of aryl methyl sites for hydroxylation is 1. The van der Waals surface area contributed by atoms with E-state index in [1.54, 1.807) is 24.4 Å². The van der Waals surface area contributed by atoms with Crippen molar-refractivity contribution in [2.75, 3.05) is 0 Å². The fourth-order valence-electron chi connectivity index (χ4n) is 1.46. The molecule has 2 rings (SSSR count). The number of rotatable bonds is 2. The van der Waals surface area contributed by atoms with E-state index in [0.717, 1.165) is 9.35 Å². The zero-order valence-electron chi connectivity index (χ0n) is 8.46. The van der Waals surface area contributed by atoms with Crippen LogP contribution in [0.5, 0.6) is 0 Å². The Morgan fingerprint density at radius 3 is 2.56 bits per heavy atom. The molecule has 0 aliphatic carbocycles. The summed E-state index contributed by atoms with van der Waals surface area (Å²) >= 11 is 4.73. The van der Waals surface area contributed by atoms with Gasteiger partial charge in [-0.3, -0.25) is 4.79 Å². The van der Waals surface area contributed by atoms with Gasteiger partial charge in [0.2, 0.25) is 0 Å². The van der Waals surface area contributed by atoms with Gasteiger partial charge in [-0.15, -0.1) is 11.3 Å². The third-order valence-electron chi connectivity index (χ3n) is 2.13. The van der Waals surface area contributed by atoms with Crippen LogP contribution in [0.1, 0.15) is 21.5 Å². The number of hydrogen-bond donors (Lipinski definition) is 0. The minimum Gasteiger partial charge on any atom is -0.289 e. The molecule has 0 radical (unpaired) electrons. The van der Waals surface area contributed by atoms with Crippen LogP contribution in [0.15, 0.2) is 33.4 Å². The van der Waals surface area contributed by atoms with Crippen LogP contribution in [-0.4, -0.2) is 5.78 Å². The molecule has 0 saturated heterocycles. The van der Waals surface area contributed by atoms with Crippen molar-refractivity contribution >= 4 is 33.0 Å². The van der Waals surface area contributed by atoms with Crippen LogP contribution in [0, 0.1) is 12.7 Å². The zero-order valence-corrected chi connectivity index (χ0v) is 10.9. The largest absolute Gasteiger partial charge is 0.289 e. The lowest BCUT2D eigenvalue weighted by Crippen LogP contribution is -2.00. The van der Waals surface area contributed by atoms with Crippen molar-refractivity contribution in [3.63, 3.8) is 0 Å². The van der Waals surface area contributed by atoms with Crippen molar-refractivity contribution in [1.82, 2.24) is 0 Å². The highest BCUT2D eigenvalue weighted by atomic mass is 79.9. The van der Waals surface area contributed by atoms with Crippen LogP contribution >= 0.6 is 27.3 Å². The van der Waals surface area contributed by atoms with Crippen LogP contribution in [0.4, 0.5) is 4.39 Å². The van der Waals surface area contributed by atoms with Gasteiger partial charge in [-0.25, -0.2) is 4.39 Å². The van der Waals surface area contributed by atoms with Crippen molar-refractivity contribution in [1.29, 1.82) is 0 Å². The van der Waals surface area contributed by atoms with Crippen LogP contribution in [0.2, 0.25) is 0 Å². The molecule has 1 nitrogen and oxygen atoms in total. The highest BCUT2D eigenvalue weighted by Crippen LogP contribution is 2.23. The minimum atomic E-state index is -0.377. The van der Waals surface area contributed by atoms with E-state index in [-0.39, 0.29) is 11.6 Å². The number of ketones is 1. The molecule has 4 heteroatoms. The smallest absolute Gasteiger partial charge is 0.194 e. The molecule has 0 N–H and O–H groups in total. The first-order valence-corrected chi connectivity index (χ1v) is 6.29. The molecule has 0 saturated carbocycles. The van der Waals surface area contributed by atoms with E-state index in [0.29, 0.717) is 11.1 Å². The number of benzene rings is 1. The van der Waals surface area contributed by atoms with E-state index in [9.17, 15) is 9.18 Å². The third kappa shape index (κ3) is 2.39. The first kappa shape index (κ1) is 11.5. The van der Waals surface area contributed by atoms with Crippen LogP contribution in [0.3, 0.4) is 0 Å². The Bertz CT molecular complexity index is 527. The molecule has 0 bridgehead atoms. The van der Waals surface area contributed by atoms with E-state index in [4.69, 9.17) is 0 Å². The van der Waals surface area contributed by atoms with Crippen molar-refractivity contribution in [2.45, 2.75) is 6.92 Å². The van der Waals surface area contributed by atoms with Crippen molar-refractivity contribution < 1.29 is 9.18 Å². The second kappa shape index (κ2) is 4.47. The summed E-state index contributed by atoms with van der Waals surface area (Å²) < 4.78 is 14.0. The lowest BCUT2D eigenvalue weighted by molar-refractivity contribution is 0.103. The van der Waals surface area contributed by atoms with Gasteiger partial charge in [-0.05, 0) is 52.7 Å². The quantitative estimate of drug-likeness (QED) is 0.760. The Balaban J connectivity index is 2.41. The first-order chi connectivity index (χ1) is 7.56. The molecule has 2 aromatic rings. The van der Waals surface area contributed by atoms with Gasteiger partial charge >= 0.3 is 0 Å². The number of carbonyl (C=O) groups is 1. The molecule has 0 unspecified atom stereocenters. The molecule has 0 aliphatic rings. The van der Waals surface area contributed by atoms with Gasteiger partial charge in [0.1, 0.15) is 5.82 Å². The zero-order chi connectivity index (χ0) is 11.7. The fourth-order valence-corrected chi connectivity index (χ4v) is 2.60. The van der Waals surface area contributed by atoms with Crippen LogP contribution in [-0.2, 0) is 0 Å². The maximum atomic E-state index is 13.2. The normalized spacial score (nSPS) is 10.4. The van der Waals surface area contributed by atoms with E-state index < -0.39 is 0 Å².